The number of nitrogens with zero attached hydrogens (tertiary/aromatic N) is 2. The lowest BCUT2D eigenvalue weighted by Crippen LogP contribution is -2.29. The molecule has 1 amide bonds. The van der Waals surface area contributed by atoms with Crippen LogP contribution in [0.25, 0.3) is 5.76 Å². The topological polar surface area (TPSA) is 79.7 Å². The molecule has 1 N–H and O–H groups in total. The van der Waals surface area contributed by atoms with E-state index in [1.807, 2.05) is 25.1 Å². The first-order valence-electron chi connectivity index (χ1n) is 11.5. The quantitative estimate of drug-likeness (QED) is 0.207. The van der Waals surface area contributed by atoms with Crippen LogP contribution in [0.2, 0.25) is 0 Å². The number of amides is 1. The molecule has 4 rings (SSSR count). The number of hydrogen-bond acceptors (Lipinski definition) is 5. The minimum atomic E-state index is -0.840. The highest BCUT2D eigenvalue weighted by Gasteiger charge is 2.47. The fourth-order valence-electron chi connectivity index (χ4n) is 4.10. The number of ketones is 1. The van der Waals surface area contributed by atoms with Crippen molar-refractivity contribution in [3.63, 3.8) is 0 Å². The van der Waals surface area contributed by atoms with Crippen molar-refractivity contribution in [2.24, 2.45) is 0 Å². The molecule has 0 radical (unpaired) electrons. The second kappa shape index (κ2) is 10.3. The standard InChI is InChI=1S/C28H28N2O4/c1-3-4-7-17-34-22-14-12-20(13-15-22)26(31)24-25(23-11-5-6-16-29-23)30(28(33)27(24)32)21-10-8-9-19(2)18-21/h5-6,8-16,18,25,31H,3-4,7,17H2,1-2H3/b26-24+. The normalized spacial score (nSPS) is 17.2. The Hall–Kier alpha value is -3.93. The summed E-state index contributed by atoms with van der Waals surface area (Å²) in [4.78, 5) is 32.2. The number of pyridine rings is 1. The predicted octanol–water partition coefficient (Wildman–Crippen LogP) is 5.59. The van der Waals surface area contributed by atoms with Gasteiger partial charge in [-0.2, -0.15) is 0 Å². The molecule has 2 heterocycles. The zero-order valence-corrected chi connectivity index (χ0v) is 19.4. The van der Waals surface area contributed by atoms with Gasteiger partial charge in [0.2, 0.25) is 0 Å². The van der Waals surface area contributed by atoms with Gasteiger partial charge >= 0.3 is 0 Å². The summed E-state index contributed by atoms with van der Waals surface area (Å²) in [6, 6.07) is 18.7. The highest BCUT2D eigenvalue weighted by molar-refractivity contribution is 6.51. The van der Waals surface area contributed by atoms with Gasteiger partial charge in [0.15, 0.2) is 0 Å². The average Bonchev–Trinajstić information content (AvgIpc) is 3.13. The minimum Gasteiger partial charge on any atom is -0.507 e. The van der Waals surface area contributed by atoms with Crippen LogP contribution in [-0.4, -0.2) is 28.4 Å². The molecular formula is C28H28N2O4. The van der Waals surface area contributed by atoms with Crippen LogP contribution in [0, 0.1) is 6.92 Å². The summed E-state index contributed by atoms with van der Waals surface area (Å²) >= 11 is 0. The predicted molar refractivity (Wildman–Crippen MR) is 132 cm³/mol. The van der Waals surface area contributed by atoms with Crippen molar-refractivity contribution in [3.05, 3.63) is 95.3 Å². The van der Waals surface area contributed by atoms with Crippen molar-refractivity contribution >= 4 is 23.1 Å². The first-order chi connectivity index (χ1) is 16.5. The number of aliphatic hydroxyl groups excluding tert-OH is 1. The Kier molecular flexibility index (Phi) is 7.07. The van der Waals surface area contributed by atoms with Crippen LogP contribution in [0.4, 0.5) is 5.69 Å². The number of Topliss-reactive ketones (excluding diaryl/α,β-unsaturated/α-hetero) is 1. The van der Waals surface area contributed by atoms with Crippen molar-refractivity contribution in [2.75, 3.05) is 11.5 Å². The number of aryl methyl sites for hydroxylation is 1. The molecule has 0 spiro atoms. The SMILES string of the molecule is CCCCCOc1ccc(/C(O)=C2\C(=O)C(=O)N(c3cccc(C)c3)C2c2ccccn2)cc1. The number of ether oxygens (including phenoxy) is 1. The van der Waals surface area contributed by atoms with Gasteiger partial charge in [-0.15, -0.1) is 0 Å². The Morgan fingerprint density at radius 3 is 2.50 bits per heavy atom. The molecule has 174 valence electrons. The van der Waals surface area contributed by atoms with Crippen LogP contribution in [0.15, 0.2) is 78.5 Å². The molecule has 1 fully saturated rings. The van der Waals surface area contributed by atoms with Crippen LogP contribution in [0.1, 0.15) is 49.0 Å². The summed E-state index contributed by atoms with van der Waals surface area (Å²) < 4.78 is 5.75. The lowest BCUT2D eigenvalue weighted by Gasteiger charge is -2.24. The van der Waals surface area contributed by atoms with Crippen molar-refractivity contribution in [2.45, 2.75) is 39.2 Å². The van der Waals surface area contributed by atoms with Crippen LogP contribution < -0.4 is 9.64 Å². The monoisotopic (exact) mass is 456 g/mol. The molecule has 1 aromatic heterocycles. The van der Waals surface area contributed by atoms with Gasteiger partial charge in [-0.05, 0) is 67.4 Å². The Morgan fingerprint density at radius 1 is 1.03 bits per heavy atom. The molecular weight excluding hydrogens is 428 g/mol. The molecule has 3 aromatic rings. The Labute approximate surface area is 199 Å². The van der Waals surface area contributed by atoms with Gasteiger partial charge in [0.25, 0.3) is 11.7 Å². The second-order valence-corrected chi connectivity index (χ2v) is 8.34. The molecule has 6 nitrogen and oxygen atoms in total. The first kappa shape index (κ1) is 23.2. The highest BCUT2D eigenvalue weighted by atomic mass is 16.5. The molecule has 1 saturated heterocycles. The Bertz CT molecular complexity index is 1200. The van der Waals surface area contributed by atoms with E-state index in [0.717, 1.165) is 24.8 Å². The number of unbranched alkanes of at least 4 members (excludes halogenated alkanes) is 2. The molecule has 1 atom stereocenters. The third-order valence-electron chi connectivity index (χ3n) is 5.84. The Morgan fingerprint density at radius 2 is 1.82 bits per heavy atom. The molecule has 1 aliphatic heterocycles. The van der Waals surface area contributed by atoms with Crippen LogP contribution in [0.3, 0.4) is 0 Å². The van der Waals surface area contributed by atoms with E-state index in [1.165, 1.54) is 4.90 Å². The van der Waals surface area contributed by atoms with Crippen molar-refractivity contribution < 1.29 is 19.4 Å². The zero-order valence-electron chi connectivity index (χ0n) is 19.4. The summed E-state index contributed by atoms with van der Waals surface area (Å²) in [5.74, 6) is -0.982. The summed E-state index contributed by atoms with van der Waals surface area (Å²) in [5, 5.41) is 11.2. The molecule has 0 saturated carbocycles. The lowest BCUT2D eigenvalue weighted by atomic mass is 9.98. The summed E-state index contributed by atoms with van der Waals surface area (Å²) in [6.07, 6.45) is 4.81. The fourth-order valence-corrected chi connectivity index (χ4v) is 4.10. The summed E-state index contributed by atoms with van der Waals surface area (Å²) in [7, 11) is 0. The minimum absolute atomic E-state index is 0.0156. The van der Waals surface area contributed by atoms with E-state index in [9.17, 15) is 14.7 Å². The average molecular weight is 457 g/mol. The highest BCUT2D eigenvalue weighted by Crippen LogP contribution is 2.41. The second-order valence-electron chi connectivity index (χ2n) is 8.34. The lowest BCUT2D eigenvalue weighted by molar-refractivity contribution is -0.132. The van der Waals surface area contributed by atoms with Gasteiger partial charge in [0.05, 0.1) is 17.9 Å². The van der Waals surface area contributed by atoms with Gasteiger partial charge in [0, 0.05) is 17.4 Å². The van der Waals surface area contributed by atoms with E-state index < -0.39 is 17.7 Å². The molecule has 2 aromatic carbocycles. The number of carbonyl (C=O) groups is 2. The smallest absolute Gasteiger partial charge is 0.300 e. The van der Waals surface area contributed by atoms with Gasteiger partial charge < -0.3 is 9.84 Å². The van der Waals surface area contributed by atoms with Crippen LogP contribution in [0.5, 0.6) is 5.75 Å². The molecule has 0 bridgehead atoms. The number of aliphatic hydroxyl groups is 1. The van der Waals surface area contributed by atoms with E-state index >= 15 is 0 Å². The number of benzene rings is 2. The molecule has 1 aliphatic rings. The van der Waals surface area contributed by atoms with Crippen molar-refractivity contribution in [3.8, 4) is 5.75 Å². The van der Waals surface area contributed by atoms with Gasteiger partial charge in [-0.1, -0.05) is 38.0 Å². The Balaban J connectivity index is 1.74. The number of rotatable bonds is 8. The first-order valence-corrected chi connectivity index (χ1v) is 11.5. The van der Waals surface area contributed by atoms with E-state index in [-0.39, 0.29) is 11.3 Å². The van der Waals surface area contributed by atoms with Gasteiger partial charge in [-0.3, -0.25) is 19.5 Å². The molecule has 1 unspecified atom stereocenters. The van der Waals surface area contributed by atoms with E-state index in [1.54, 1.807) is 54.7 Å². The van der Waals surface area contributed by atoms with Gasteiger partial charge in [-0.25, -0.2) is 0 Å². The maximum absolute atomic E-state index is 13.2. The van der Waals surface area contributed by atoms with E-state index in [2.05, 4.69) is 11.9 Å². The third-order valence-corrected chi connectivity index (χ3v) is 5.84. The van der Waals surface area contributed by atoms with Crippen molar-refractivity contribution in [1.29, 1.82) is 0 Å². The van der Waals surface area contributed by atoms with Crippen molar-refractivity contribution in [1.82, 2.24) is 4.98 Å². The maximum Gasteiger partial charge on any atom is 0.300 e. The number of hydrogen-bond donors (Lipinski definition) is 1. The number of aromatic nitrogens is 1. The van der Waals surface area contributed by atoms with E-state index in [0.29, 0.717) is 29.3 Å². The molecule has 0 aliphatic carbocycles. The maximum atomic E-state index is 13.2. The third kappa shape index (κ3) is 4.71. The zero-order chi connectivity index (χ0) is 24.1. The summed E-state index contributed by atoms with van der Waals surface area (Å²) in [6.45, 7) is 4.68. The van der Waals surface area contributed by atoms with E-state index in [4.69, 9.17) is 4.74 Å². The number of anilines is 1. The summed E-state index contributed by atoms with van der Waals surface area (Å²) in [5.41, 5.74) is 2.48. The van der Waals surface area contributed by atoms with Crippen LogP contribution in [-0.2, 0) is 9.59 Å². The van der Waals surface area contributed by atoms with Gasteiger partial charge in [0.1, 0.15) is 17.6 Å². The number of carbonyl (C=O) groups excluding carboxylic acids is 2. The fraction of sp³-hybridized carbons (Fsp3) is 0.250. The largest absolute Gasteiger partial charge is 0.507 e. The molecule has 6 heteroatoms. The van der Waals surface area contributed by atoms with Crippen LogP contribution >= 0.6 is 0 Å². The molecule has 34 heavy (non-hydrogen) atoms.